The first-order valence-electron chi connectivity index (χ1n) is 9.63. The van der Waals surface area contributed by atoms with E-state index in [1.165, 1.54) is 0 Å². The molecule has 0 aliphatic carbocycles. The van der Waals surface area contributed by atoms with E-state index in [1.54, 1.807) is 9.80 Å². The molecule has 2 heterocycles. The molecule has 2 amide bonds. The van der Waals surface area contributed by atoms with Gasteiger partial charge in [0.1, 0.15) is 0 Å². The molecule has 6 heteroatoms. The van der Waals surface area contributed by atoms with E-state index in [0.29, 0.717) is 19.5 Å². The van der Waals surface area contributed by atoms with Crippen LogP contribution in [0.5, 0.6) is 0 Å². The molecule has 2 aliphatic rings. The molecule has 1 aromatic carbocycles. The lowest BCUT2D eigenvalue weighted by Crippen LogP contribution is -2.42. The Morgan fingerprint density at radius 3 is 2.41 bits per heavy atom. The Bertz CT molecular complexity index is 733. The number of benzene rings is 1. The number of amides is 2. The second-order valence-electron chi connectivity index (χ2n) is 8.16. The van der Waals surface area contributed by atoms with Crippen molar-refractivity contribution in [2.45, 2.75) is 39.7 Å². The Labute approximate surface area is 160 Å². The fraction of sp³-hybridized carbons (Fsp3) is 0.571. The van der Waals surface area contributed by atoms with Gasteiger partial charge in [0.05, 0.1) is 17.4 Å². The quantitative estimate of drug-likeness (QED) is 0.862. The summed E-state index contributed by atoms with van der Waals surface area (Å²) in [5.41, 5.74) is 0.166. The molecule has 146 valence electrons. The van der Waals surface area contributed by atoms with Gasteiger partial charge in [-0.15, -0.1) is 0 Å². The highest BCUT2D eigenvalue weighted by Gasteiger charge is 2.50. The molecule has 2 fully saturated rings. The SMILES string of the molecule is CC(c1ccccc1)N1CC(C(=O)N2CCC(C(=O)O)(C(C)C)C2)CC1=O. The van der Waals surface area contributed by atoms with Crippen LogP contribution in [0.4, 0.5) is 0 Å². The van der Waals surface area contributed by atoms with Crippen molar-refractivity contribution in [1.29, 1.82) is 0 Å². The number of likely N-dealkylation sites (tertiary alicyclic amines) is 2. The van der Waals surface area contributed by atoms with Gasteiger partial charge in [-0.25, -0.2) is 0 Å². The lowest BCUT2D eigenvalue weighted by molar-refractivity contribution is -0.151. The number of hydrogen-bond acceptors (Lipinski definition) is 3. The summed E-state index contributed by atoms with van der Waals surface area (Å²) in [6, 6.07) is 9.71. The lowest BCUT2D eigenvalue weighted by atomic mass is 9.76. The summed E-state index contributed by atoms with van der Waals surface area (Å²) in [5, 5.41) is 9.68. The van der Waals surface area contributed by atoms with Crippen LogP contribution in [0.2, 0.25) is 0 Å². The molecule has 2 aliphatic heterocycles. The Morgan fingerprint density at radius 1 is 1.19 bits per heavy atom. The Morgan fingerprint density at radius 2 is 1.85 bits per heavy atom. The second kappa shape index (κ2) is 7.33. The first kappa shape index (κ1) is 19.4. The maximum atomic E-state index is 13.0. The summed E-state index contributed by atoms with van der Waals surface area (Å²) < 4.78 is 0. The van der Waals surface area contributed by atoms with Crippen LogP contribution >= 0.6 is 0 Å². The second-order valence-corrected chi connectivity index (χ2v) is 8.16. The molecule has 0 spiro atoms. The van der Waals surface area contributed by atoms with E-state index < -0.39 is 11.4 Å². The van der Waals surface area contributed by atoms with Crippen molar-refractivity contribution in [2.24, 2.45) is 17.3 Å². The number of carboxylic acids is 1. The van der Waals surface area contributed by atoms with E-state index in [-0.39, 0.29) is 42.7 Å². The van der Waals surface area contributed by atoms with Crippen molar-refractivity contribution < 1.29 is 19.5 Å². The van der Waals surface area contributed by atoms with Gasteiger partial charge in [-0.05, 0) is 24.8 Å². The minimum atomic E-state index is -0.880. The zero-order valence-electron chi connectivity index (χ0n) is 16.2. The molecule has 3 rings (SSSR count). The molecule has 0 bridgehead atoms. The van der Waals surface area contributed by atoms with Crippen LogP contribution in [0.3, 0.4) is 0 Å². The van der Waals surface area contributed by atoms with Crippen LogP contribution in [-0.4, -0.2) is 52.3 Å². The topological polar surface area (TPSA) is 77.9 Å². The average Bonchev–Trinajstić information content (AvgIpc) is 3.26. The van der Waals surface area contributed by atoms with Gasteiger partial charge in [0, 0.05) is 26.1 Å². The molecule has 0 aromatic heterocycles. The molecule has 6 nitrogen and oxygen atoms in total. The third-order valence-corrected chi connectivity index (χ3v) is 6.40. The molecule has 2 saturated heterocycles. The van der Waals surface area contributed by atoms with Gasteiger partial charge >= 0.3 is 5.97 Å². The zero-order chi connectivity index (χ0) is 19.8. The van der Waals surface area contributed by atoms with E-state index in [2.05, 4.69) is 0 Å². The van der Waals surface area contributed by atoms with Crippen molar-refractivity contribution >= 4 is 17.8 Å². The third-order valence-electron chi connectivity index (χ3n) is 6.40. The Kier molecular flexibility index (Phi) is 5.27. The van der Waals surface area contributed by atoms with Gasteiger partial charge in [0.2, 0.25) is 11.8 Å². The molecular weight excluding hydrogens is 344 g/mol. The number of nitrogens with zero attached hydrogens (tertiary/aromatic N) is 2. The highest BCUT2D eigenvalue weighted by Crippen LogP contribution is 2.39. The predicted octanol–water partition coefficient (Wildman–Crippen LogP) is 2.56. The monoisotopic (exact) mass is 372 g/mol. The largest absolute Gasteiger partial charge is 0.481 e. The van der Waals surface area contributed by atoms with Crippen molar-refractivity contribution in [2.75, 3.05) is 19.6 Å². The number of hydrogen-bond donors (Lipinski definition) is 1. The minimum Gasteiger partial charge on any atom is -0.481 e. The normalized spacial score (nSPS) is 26.7. The van der Waals surface area contributed by atoms with Crippen molar-refractivity contribution in [1.82, 2.24) is 9.80 Å². The fourth-order valence-corrected chi connectivity index (χ4v) is 4.36. The fourth-order valence-electron chi connectivity index (χ4n) is 4.36. The predicted molar refractivity (Wildman–Crippen MR) is 101 cm³/mol. The smallest absolute Gasteiger partial charge is 0.311 e. The van der Waals surface area contributed by atoms with E-state index in [0.717, 1.165) is 5.56 Å². The van der Waals surface area contributed by atoms with Gasteiger partial charge in [0.15, 0.2) is 0 Å². The minimum absolute atomic E-state index is 0.0164. The van der Waals surface area contributed by atoms with Gasteiger partial charge in [-0.1, -0.05) is 44.2 Å². The molecule has 3 atom stereocenters. The van der Waals surface area contributed by atoms with Crippen LogP contribution in [0.15, 0.2) is 30.3 Å². The van der Waals surface area contributed by atoms with Crippen LogP contribution in [0.25, 0.3) is 0 Å². The summed E-state index contributed by atoms with van der Waals surface area (Å²) in [6.07, 6.45) is 0.671. The standard InChI is InChI=1S/C21H28N2O4/c1-14(2)21(20(26)27)9-10-22(13-21)19(25)17-11-18(24)23(12-17)15(3)16-7-5-4-6-8-16/h4-8,14-15,17H,9-13H2,1-3H3,(H,26,27). The third kappa shape index (κ3) is 3.45. The molecule has 1 aromatic rings. The van der Waals surface area contributed by atoms with Gasteiger partial charge in [0.25, 0.3) is 0 Å². The van der Waals surface area contributed by atoms with Gasteiger partial charge < -0.3 is 14.9 Å². The van der Waals surface area contributed by atoms with Crippen molar-refractivity contribution in [3.8, 4) is 0 Å². The average molecular weight is 372 g/mol. The van der Waals surface area contributed by atoms with Crippen LogP contribution < -0.4 is 0 Å². The molecular formula is C21H28N2O4. The highest BCUT2D eigenvalue weighted by atomic mass is 16.4. The van der Waals surface area contributed by atoms with Crippen LogP contribution in [0, 0.1) is 17.3 Å². The maximum absolute atomic E-state index is 13.0. The first-order valence-corrected chi connectivity index (χ1v) is 9.63. The van der Waals surface area contributed by atoms with Crippen LogP contribution in [-0.2, 0) is 14.4 Å². The van der Waals surface area contributed by atoms with Crippen molar-refractivity contribution in [3.05, 3.63) is 35.9 Å². The first-order chi connectivity index (χ1) is 12.8. The molecule has 27 heavy (non-hydrogen) atoms. The van der Waals surface area contributed by atoms with Gasteiger partial charge in [-0.3, -0.25) is 14.4 Å². The summed E-state index contributed by atoms with van der Waals surface area (Å²) in [7, 11) is 0. The van der Waals surface area contributed by atoms with E-state index in [1.807, 2.05) is 51.1 Å². The lowest BCUT2D eigenvalue weighted by Gasteiger charge is -2.29. The number of carbonyl (C=O) groups excluding carboxylic acids is 2. The number of aliphatic carboxylic acids is 1. The number of rotatable bonds is 5. The number of carboxylic acid groups (broad SMARTS) is 1. The summed E-state index contributed by atoms with van der Waals surface area (Å²) in [6.45, 7) is 6.84. The number of carbonyl (C=O) groups is 3. The molecule has 3 unspecified atom stereocenters. The molecule has 0 radical (unpaired) electrons. The van der Waals surface area contributed by atoms with Gasteiger partial charge in [-0.2, -0.15) is 0 Å². The molecule has 1 N–H and O–H groups in total. The highest BCUT2D eigenvalue weighted by molar-refractivity contribution is 5.90. The Hall–Kier alpha value is -2.37. The maximum Gasteiger partial charge on any atom is 0.311 e. The van der Waals surface area contributed by atoms with Crippen LogP contribution in [0.1, 0.15) is 45.2 Å². The summed E-state index contributed by atoms with van der Waals surface area (Å²) in [4.78, 5) is 40.7. The van der Waals surface area contributed by atoms with E-state index in [4.69, 9.17) is 0 Å². The van der Waals surface area contributed by atoms with Crippen molar-refractivity contribution in [3.63, 3.8) is 0 Å². The Balaban J connectivity index is 1.69. The van der Waals surface area contributed by atoms with E-state index >= 15 is 0 Å². The zero-order valence-corrected chi connectivity index (χ0v) is 16.2. The summed E-state index contributed by atoms with van der Waals surface area (Å²) >= 11 is 0. The summed E-state index contributed by atoms with van der Waals surface area (Å²) in [5.74, 6) is -1.38. The van der Waals surface area contributed by atoms with E-state index in [9.17, 15) is 19.5 Å². The molecule has 0 saturated carbocycles.